The van der Waals surface area contributed by atoms with Crippen LogP contribution in [-0.4, -0.2) is 81.4 Å². The highest BCUT2D eigenvalue weighted by Gasteiger charge is 2.43. The first-order valence-corrected chi connectivity index (χ1v) is 14.0. The van der Waals surface area contributed by atoms with E-state index < -0.39 is 15.4 Å². The second-order valence-electron chi connectivity index (χ2n) is 9.51. The number of rotatable bonds is 7. The number of nitrogens with zero attached hydrogens (tertiary/aromatic N) is 3. The summed E-state index contributed by atoms with van der Waals surface area (Å²) < 4.78 is 34.7. The molecule has 2 aromatic rings. The number of carbonyl (C=O) groups excluding carboxylic acids is 1. The van der Waals surface area contributed by atoms with E-state index in [2.05, 4.69) is 4.90 Å². The number of carbonyl (C=O) groups is 1. The van der Waals surface area contributed by atoms with Gasteiger partial charge in [0.15, 0.2) is 0 Å². The van der Waals surface area contributed by atoms with Crippen LogP contribution in [0.3, 0.4) is 0 Å². The summed E-state index contributed by atoms with van der Waals surface area (Å²) in [5, 5.41) is 0.522. The number of para-hydroxylation sites is 1. The van der Waals surface area contributed by atoms with Crippen LogP contribution in [0.5, 0.6) is 5.75 Å². The third kappa shape index (κ3) is 6.49. The Hall–Kier alpha value is -1.84. The van der Waals surface area contributed by atoms with Crippen molar-refractivity contribution in [3.8, 4) is 5.75 Å². The number of piperazine rings is 1. The predicted octanol–water partition coefficient (Wildman–Crippen LogP) is 4.01. The number of benzene rings is 2. The van der Waals surface area contributed by atoms with Crippen LogP contribution in [0.25, 0.3) is 0 Å². The number of hydrogen-bond acceptors (Lipinski definition) is 5. The molecule has 7 nitrogen and oxygen atoms in total. The van der Waals surface area contributed by atoms with Crippen molar-refractivity contribution in [2.75, 3.05) is 52.9 Å². The molecule has 4 rings (SSSR count). The van der Waals surface area contributed by atoms with Crippen molar-refractivity contribution in [2.45, 2.75) is 24.2 Å². The average Bonchev–Trinajstić information content (AvgIpc) is 2.83. The Morgan fingerprint density at radius 3 is 2.31 bits per heavy atom. The molecule has 0 saturated carbocycles. The molecule has 0 unspecified atom stereocenters. The van der Waals surface area contributed by atoms with Crippen molar-refractivity contribution in [3.05, 3.63) is 58.6 Å². The fraction of sp³-hybridized carbons (Fsp3) is 0.480. The topological polar surface area (TPSA) is 70.2 Å². The minimum Gasteiger partial charge on any atom is -0.493 e. The van der Waals surface area contributed by atoms with Crippen molar-refractivity contribution in [3.63, 3.8) is 0 Å². The number of ether oxygens (including phenoxy) is 1. The summed E-state index contributed by atoms with van der Waals surface area (Å²) in [6.07, 6.45) is 1.55. The summed E-state index contributed by atoms with van der Waals surface area (Å²) in [5.74, 6) is 0.736. The Morgan fingerprint density at radius 2 is 1.66 bits per heavy atom. The monoisotopic (exact) mass is 539 g/mol. The van der Waals surface area contributed by atoms with Gasteiger partial charge < -0.3 is 14.5 Å². The largest absolute Gasteiger partial charge is 0.493 e. The lowest BCUT2D eigenvalue weighted by Gasteiger charge is -2.43. The molecule has 0 N–H and O–H groups in total. The van der Waals surface area contributed by atoms with Crippen LogP contribution in [-0.2, 0) is 14.8 Å². The summed E-state index contributed by atoms with van der Waals surface area (Å²) in [6, 6.07) is 13.7. The molecule has 0 spiro atoms. The summed E-state index contributed by atoms with van der Waals surface area (Å²) in [4.78, 5) is 17.5. The zero-order valence-electron chi connectivity index (χ0n) is 19.8. The van der Waals surface area contributed by atoms with E-state index in [0.717, 1.165) is 13.1 Å². The smallest absolute Gasteiger partial charge is 0.243 e. The SMILES string of the molecule is CN1CCN(C(=O)C[C@@]2(COc3ccccc3)CCCN(S(=O)(=O)c3cc(Cl)cc(Cl)c3)C2)CC1. The second kappa shape index (κ2) is 11.0. The molecule has 1 amide bonds. The van der Waals surface area contributed by atoms with Gasteiger partial charge in [0, 0.05) is 61.1 Å². The van der Waals surface area contributed by atoms with Gasteiger partial charge in [0.1, 0.15) is 5.75 Å². The first kappa shape index (κ1) is 26.2. The molecule has 1 atom stereocenters. The molecular formula is C25H31Cl2N3O4S. The third-order valence-corrected chi connectivity index (χ3v) is 9.03. The lowest BCUT2D eigenvalue weighted by Crippen LogP contribution is -2.53. The maximum atomic E-state index is 13.5. The van der Waals surface area contributed by atoms with E-state index in [4.69, 9.17) is 27.9 Å². The number of hydrogen-bond donors (Lipinski definition) is 0. The van der Waals surface area contributed by atoms with Crippen LogP contribution in [0, 0.1) is 5.41 Å². The third-order valence-electron chi connectivity index (χ3n) is 6.77. The van der Waals surface area contributed by atoms with E-state index in [9.17, 15) is 13.2 Å². The Bertz CT molecular complexity index is 1120. The zero-order chi connectivity index (χ0) is 25.1. The van der Waals surface area contributed by atoms with Gasteiger partial charge in [-0.2, -0.15) is 4.31 Å². The van der Waals surface area contributed by atoms with E-state index >= 15 is 0 Å². The number of sulfonamides is 1. The molecular weight excluding hydrogens is 509 g/mol. The molecule has 0 aromatic heterocycles. The Kier molecular flexibility index (Phi) is 8.28. The maximum absolute atomic E-state index is 13.5. The van der Waals surface area contributed by atoms with Gasteiger partial charge in [0.25, 0.3) is 0 Å². The Morgan fingerprint density at radius 1 is 1.00 bits per heavy atom. The molecule has 0 radical (unpaired) electrons. The molecule has 2 heterocycles. The van der Waals surface area contributed by atoms with Gasteiger partial charge in [-0.05, 0) is 50.2 Å². The molecule has 35 heavy (non-hydrogen) atoms. The number of amides is 1. The predicted molar refractivity (Wildman–Crippen MR) is 138 cm³/mol. The highest BCUT2D eigenvalue weighted by molar-refractivity contribution is 7.89. The molecule has 2 aliphatic rings. The van der Waals surface area contributed by atoms with Gasteiger partial charge in [-0.1, -0.05) is 41.4 Å². The van der Waals surface area contributed by atoms with E-state index in [-0.39, 0.29) is 40.4 Å². The molecule has 2 fully saturated rings. The molecule has 0 bridgehead atoms. The average molecular weight is 541 g/mol. The van der Waals surface area contributed by atoms with E-state index in [1.54, 1.807) is 0 Å². The van der Waals surface area contributed by atoms with E-state index in [1.165, 1.54) is 22.5 Å². The summed E-state index contributed by atoms with van der Waals surface area (Å²) >= 11 is 12.2. The lowest BCUT2D eigenvalue weighted by atomic mass is 9.78. The van der Waals surface area contributed by atoms with Crippen LogP contribution in [0.4, 0.5) is 0 Å². The first-order chi connectivity index (χ1) is 16.7. The highest BCUT2D eigenvalue weighted by atomic mass is 35.5. The fourth-order valence-corrected chi connectivity index (χ4v) is 7.07. The maximum Gasteiger partial charge on any atom is 0.243 e. The zero-order valence-corrected chi connectivity index (χ0v) is 22.2. The summed E-state index contributed by atoms with van der Waals surface area (Å²) in [6.45, 7) is 3.80. The Labute approximate surface area is 217 Å². The van der Waals surface area contributed by atoms with Crippen LogP contribution >= 0.6 is 23.2 Å². The molecule has 0 aliphatic carbocycles. The minimum absolute atomic E-state index is 0.0415. The van der Waals surface area contributed by atoms with E-state index in [0.29, 0.717) is 38.2 Å². The first-order valence-electron chi connectivity index (χ1n) is 11.8. The number of piperidine rings is 1. The van der Waals surface area contributed by atoms with Crippen molar-refractivity contribution in [1.29, 1.82) is 0 Å². The summed E-state index contributed by atoms with van der Waals surface area (Å²) in [5.41, 5.74) is -0.649. The van der Waals surface area contributed by atoms with Crippen LogP contribution in [0.1, 0.15) is 19.3 Å². The Balaban J connectivity index is 1.58. The van der Waals surface area contributed by atoms with Crippen LogP contribution in [0.15, 0.2) is 53.4 Å². The molecule has 190 valence electrons. The molecule has 10 heteroatoms. The molecule has 2 aliphatic heterocycles. The van der Waals surface area contributed by atoms with Gasteiger partial charge in [-0.15, -0.1) is 0 Å². The highest BCUT2D eigenvalue weighted by Crippen LogP contribution is 2.38. The fourth-order valence-electron chi connectivity index (χ4n) is 4.75. The lowest BCUT2D eigenvalue weighted by molar-refractivity contribution is -0.136. The normalized spacial score (nSPS) is 22.2. The van der Waals surface area contributed by atoms with Crippen LogP contribution < -0.4 is 4.74 Å². The summed E-state index contributed by atoms with van der Waals surface area (Å²) in [7, 11) is -1.81. The molecule has 2 saturated heterocycles. The van der Waals surface area contributed by atoms with E-state index in [1.807, 2.05) is 42.3 Å². The van der Waals surface area contributed by atoms with Crippen molar-refractivity contribution in [1.82, 2.24) is 14.1 Å². The standard InChI is InChI=1S/C25H31Cl2N3O4S/c1-28-10-12-29(13-11-28)24(31)17-25(19-34-22-6-3-2-4-7-22)8-5-9-30(18-25)35(32,33)23-15-20(26)14-21(27)16-23/h2-4,6-7,14-16H,5,8-13,17-19H2,1H3/t25-/m0/s1. The van der Waals surface area contributed by atoms with Crippen molar-refractivity contribution >= 4 is 39.1 Å². The quantitative estimate of drug-likeness (QED) is 0.531. The number of halogens is 2. The second-order valence-corrected chi connectivity index (χ2v) is 12.3. The van der Waals surface area contributed by atoms with Gasteiger partial charge in [-0.3, -0.25) is 4.79 Å². The molecule has 2 aromatic carbocycles. The van der Waals surface area contributed by atoms with Gasteiger partial charge in [-0.25, -0.2) is 8.42 Å². The van der Waals surface area contributed by atoms with Crippen molar-refractivity contribution in [2.24, 2.45) is 5.41 Å². The van der Waals surface area contributed by atoms with Gasteiger partial charge >= 0.3 is 0 Å². The minimum atomic E-state index is -3.85. The van der Waals surface area contributed by atoms with Crippen LogP contribution in [0.2, 0.25) is 10.0 Å². The van der Waals surface area contributed by atoms with Gasteiger partial charge in [0.05, 0.1) is 11.5 Å². The van der Waals surface area contributed by atoms with Gasteiger partial charge in [0.2, 0.25) is 15.9 Å². The number of likely N-dealkylation sites (N-methyl/N-ethyl adjacent to an activating group) is 1. The van der Waals surface area contributed by atoms with Crippen molar-refractivity contribution < 1.29 is 17.9 Å².